The highest BCUT2D eigenvalue weighted by Gasteiger charge is 2.62. The molecule has 0 spiro atoms. The lowest BCUT2D eigenvalue weighted by atomic mass is 10.1. The van der Waals surface area contributed by atoms with E-state index in [1.807, 2.05) is 62.4 Å². The zero-order valence-electron chi connectivity index (χ0n) is 18.4. The van der Waals surface area contributed by atoms with Crippen molar-refractivity contribution < 1.29 is 14.4 Å². The highest BCUT2D eigenvalue weighted by atomic mass is 32.2. The third kappa shape index (κ3) is 6.60. The van der Waals surface area contributed by atoms with Crippen molar-refractivity contribution in [3.05, 3.63) is 54.2 Å². The Morgan fingerprint density at radius 3 is 2.74 bits per heavy atom. The van der Waals surface area contributed by atoms with Crippen LogP contribution in [-0.2, 0) is 20.8 Å². The van der Waals surface area contributed by atoms with Gasteiger partial charge in [0.15, 0.2) is 0 Å². The maximum Gasteiger partial charge on any atom is 0.324 e. The lowest BCUT2D eigenvalue weighted by Gasteiger charge is -2.02. The van der Waals surface area contributed by atoms with Crippen molar-refractivity contribution in [3.63, 3.8) is 0 Å². The molecule has 0 N–H and O–H groups in total. The molecular weight excluding hydrogens is 408 g/mol. The first kappa shape index (κ1) is 22.9. The average Bonchev–Trinajstić information content (AvgIpc) is 3.29. The quantitative estimate of drug-likeness (QED) is 0.246. The Bertz CT molecular complexity index is 977. The number of rotatable bonds is 8. The summed E-state index contributed by atoms with van der Waals surface area (Å²) in [6.45, 7) is 8.71. The van der Waals surface area contributed by atoms with E-state index in [4.69, 9.17) is 9.57 Å². The number of carbonyl (C=O) groups excluding carboxylic acids is 1. The highest BCUT2D eigenvalue weighted by molar-refractivity contribution is 7.99. The van der Waals surface area contributed by atoms with Crippen molar-refractivity contribution in [1.29, 1.82) is 0 Å². The maximum atomic E-state index is 12.4. The lowest BCUT2D eigenvalue weighted by molar-refractivity contribution is -0.139. The number of aromatic nitrogens is 1. The van der Waals surface area contributed by atoms with E-state index in [1.165, 1.54) is 0 Å². The number of hydrogen-bond acceptors (Lipinski definition) is 6. The van der Waals surface area contributed by atoms with Crippen molar-refractivity contribution in [2.45, 2.75) is 44.0 Å². The van der Waals surface area contributed by atoms with Crippen LogP contribution >= 0.6 is 11.8 Å². The van der Waals surface area contributed by atoms with E-state index in [2.05, 4.69) is 36.0 Å². The second kappa shape index (κ2) is 10.5. The van der Waals surface area contributed by atoms with Crippen molar-refractivity contribution in [1.82, 2.24) is 4.98 Å². The molecule has 2 unspecified atom stereocenters. The number of carbonyl (C=O) groups is 1. The molecule has 1 saturated carbocycles. The standard InChI is InChI=1S/C25H28N2O3S/c1-18(2)17-30-26-16-21-23(25(21,3)4)24(28)29-15-9-11-19-10-8-14-22(27-19)31-20-12-6-5-7-13-20/h5-8,10,12-14,16,18,21,23H,11,17H2,1-4H3. The molecule has 162 valence electrons. The van der Waals surface area contributed by atoms with E-state index in [-0.39, 0.29) is 23.2 Å². The summed E-state index contributed by atoms with van der Waals surface area (Å²) in [5.74, 6) is 2.73. The molecule has 3 rings (SSSR count). The van der Waals surface area contributed by atoms with E-state index >= 15 is 0 Å². The fourth-order valence-electron chi connectivity index (χ4n) is 3.21. The van der Waals surface area contributed by atoms with Crippen LogP contribution in [0.5, 0.6) is 0 Å². The summed E-state index contributed by atoms with van der Waals surface area (Å²) in [7, 11) is 0. The zero-order chi connectivity index (χ0) is 22.3. The minimum Gasteiger partial charge on any atom is -0.396 e. The van der Waals surface area contributed by atoms with Gasteiger partial charge in [0, 0.05) is 17.0 Å². The molecular formula is C25H28N2O3S. The van der Waals surface area contributed by atoms with Gasteiger partial charge in [-0.15, -0.1) is 0 Å². The molecule has 1 aromatic carbocycles. The first-order valence-corrected chi connectivity index (χ1v) is 11.2. The molecule has 0 bridgehead atoms. The number of ether oxygens (including phenoxy) is 1. The molecule has 1 fully saturated rings. The molecule has 31 heavy (non-hydrogen) atoms. The van der Waals surface area contributed by atoms with Gasteiger partial charge in [0.2, 0.25) is 0 Å². The zero-order valence-corrected chi connectivity index (χ0v) is 19.2. The minimum absolute atomic E-state index is 0.00215. The first-order valence-electron chi connectivity index (χ1n) is 10.4. The van der Waals surface area contributed by atoms with Crippen LogP contribution in [0.4, 0.5) is 0 Å². The predicted octanol–water partition coefficient (Wildman–Crippen LogP) is 5.21. The fourth-order valence-corrected chi connectivity index (χ4v) is 4.05. The molecule has 0 radical (unpaired) electrons. The summed E-state index contributed by atoms with van der Waals surface area (Å²) in [6.07, 6.45) is 4.67. The number of esters is 1. The van der Waals surface area contributed by atoms with Gasteiger partial charge in [-0.25, -0.2) is 4.98 Å². The smallest absolute Gasteiger partial charge is 0.324 e. The molecule has 2 aromatic rings. The number of benzene rings is 1. The molecule has 6 heteroatoms. The highest BCUT2D eigenvalue weighted by Crippen LogP contribution is 2.57. The molecule has 1 heterocycles. The molecule has 2 atom stereocenters. The molecule has 0 saturated heterocycles. The largest absolute Gasteiger partial charge is 0.396 e. The molecule has 0 aliphatic heterocycles. The van der Waals surface area contributed by atoms with Gasteiger partial charge in [-0.3, -0.25) is 4.79 Å². The normalized spacial score (nSPS) is 19.0. The summed E-state index contributed by atoms with van der Waals surface area (Å²) in [6, 6.07) is 15.9. The summed E-state index contributed by atoms with van der Waals surface area (Å²) >= 11 is 1.60. The molecule has 0 amide bonds. The number of hydrogen-bond donors (Lipinski definition) is 0. The van der Waals surface area contributed by atoms with E-state index in [1.54, 1.807) is 18.0 Å². The van der Waals surface area contributed by atoms with Gasteiger partial charge in [-0.2, -0.15) is 0 Å². The van der Waals surface area contributed by atoms with Gasteiger partial charge in [-0.1, -0.05) is 74.8 Å². The molecule has 1 aliphatic carbocycles. The van der Waals surface area contributed by atoms with Crippen LogP contribution in [-0.4, -0.2) is 23.8 Å². The van der Waals surface area contributed by atoms with E-state index < -0.39 is 0 Å². The van der Waals surface area contributed by atoms with E-state index in [0.717, 1.165) is 15.6 Å². The van der Waals surface area contributed by atoms with Crippen LogP contribution in [0.2, 0.25) is 0 Å². The van der Waals surface area contributed by atoms with Crippen LogP contribution in [0.1, 0.15) is 33.4 Å². The van der Waals surface area contributed by atoms with Crippen molar-refractivity contribution in [2.24, 2.45) is 28.3 Å². The van der Waals surface area contributed by atoms with Crippen LogP contribution in [0.15, 0.2) is 63.6 Å². The van der Waals surface area contributed by atoms with Gasteiger partial charge >= 0.3 is 5.97 Å². The van der Waals surface area contributed by atoms with E-state index in [9.17, 15) is 4.79 Å². The van der Waals surface area contributed by atoms with Crippen molar-refractivity contribution in [3.8, 4) is 12.0 Å². The predicted molar refractivity (Wildman–Crippen MR) is 122 cm³/mol. The summed E-state index contributed by atoms with van der Waals surface area (Å²) < 4.78 is 5.19. The second-order valence-corrected chi connectivity index (χ2v) is 9.62. The van der Waals surface area contributed by atoms with Crippen LogP contribution in [0, 0.1) is 35.2 Å². The number of pyridine rings is 1. The van der Waals surface area contributed by atoms with Crippen molar-refractivity contribution >= 4 is 23.9 Å². The first-order chi connectivity index (χ1) is 14.9. The SMILES string of the molecule is CC(C)CON=CC1C(C(=O)OC#CCc2cccc(Sc3ccccc3)n2)C1(C)C. The minimum atomic E-state index is -0.320. The third-order valence-electron chi connectivity index (χ3n) is 5.11. The Balaban J connectivity index is 1.49. The molecule has 1 aromatic heterocycles. The van der Waals surface area contributed by atoms with Crippen molar-refractivity contribution in [2.75, 3.05) is 6.61 Å². The third-order valence-corrected chi connectivity index (χ3v) is 6.05. The van der Waals surface area contributed by atoms with Gasteiger partial charge < -0.3 is 9.57 Å². The van der Waals surface area contributed by atoms with Gasteiger partial charge in [0.05, 0.1) is 18.0 Å². The Labute approximate surface area is 188 Å². The van der Waals surface area contributed by atoms with Gasteiger partial charge in [-0.05, 0) is 35.6 Å². The number of nitrogens with zero attached hydrogens (tertiary/aromatic N) is 2. The molecule has 1 aliphatic rings. The fraction of sp³-hybridized carbons (Fsp3) is 0.400. The number of oxime groups is 1. The summed E-state index contributed by atoms with van der Waals surface area (Å²) in [5.41, 5.74) is 0.636. The monoisotopic (exact) mass is 436 g/mol. The Morgan fingerprint density at radius 1 is 1.23 bits per heavy atom. The van der Waals surface area contributed by atoms with Crippen LogP contribution in [0.3, 0.4) is 0 Å². The summed E-state index contributed by atoms with van der Waals surface area (Å²) in [5, 5.41) is 4.90. The van der Waals surface area contributed by atoms with Gasteiger partial charge in [0.1, 0.15) is 17.7 Å². The van der Waals surface area contributed by atoms with E-state index in [0.29, 0.717) is 18.9 Å². The lowest BCUT2D eigenvalue weighted by Crippen LogP contribution is -2.07. The topological polar surface area (TPSA) is 60.8 Å². The molecule has 5 nitrogen and oxygen atoms in total. The second-order valence-electron chi connectivity index (χ2n) is 8.53. The Morgan fingerprint density at radius 2 is 2.00 bits per heavy atom. The Kier molecular flexibility index (Phi) is 7.75. The Hall–Kier alpha value is -2.78. The van der Waals surface area contributed by atoms with Gasteiger partial charge in [0.25, 0.3) is 0 Å². The van der Waals surface area contributed by atoms with Crippen LogP contribution < -0.4 is 0 Å². The summed E-state index contributed by atoms with van der Waals surface area (Å²) in [4.78, 5) is 23.4. The average molecular weight is 437 g/mol. The maximum absolute atomic E-state index is 12.4. The van der Waals surface area contributed by atoms with Crippen LogP contribution in [0.25, 0.3) is 0 Å².